The molecule has 30 heavy (non-hydrogen) atoms. The van der Waals surface area contributed by atoms with Gasteiger partial charge in [0.15, 0.2) is 6.10 Å². The molecule has 2 aromatic carbocycles. The van der Waals surface area contributed by atoms with Gasteiger partial charge in [0.05, 0.1) is 0 Å². The summed E-state index contributed by atoms with van der Waals surface area (Å²) in [4.78, 5) is 35.2. The molecule has 0 spiro atoms. The molecule has 2 rings (SSSR count). The smallest absolute Gasteiger partial charge is 0.331 e. The van der Waals surface area contributed by atoms with E-state index in [0.29, 0.717) is 23.7 Å². The topological polar surface area (TPSA) is 93.7 Å². The summed E-state index contributed by atoms with van der Waals surface area (Å²) >= 11 is 0. The van der Waals surface area contributed by atoms with E-state index < -0.39 is 18.0 Å². The molecule has 156 valence electrons. The first-order chi connectivity index (χ1) is 14.4. The van der Waals surface area contributed by atoms with Crippen molar-refractivity contribution in [3.05, 3.63) is 72.8 Å². The van der Waals surface area contributed by atoms with Gasteiger partial charge in [-0.05, 0) is 55.0 Å². The van der Waals surface area contributed by atoms with Gasteiger partial charge in [-0.15, -0.1) is 0 Å². The molecular formula is C23H24N2O5. The lowest BCUT2D eigenvalue weighted by Gasteiger charge is -2.12. The van der Waals surface area contributed by atoms with Crippen molar-refractivity contribution in [3.63, 3.8) is 0 Å². The van der Waals surface area contributed by atoms with Crippen LogP contribution in [0.2, 0.25) is 0 Å². The quantitative estimate of drug-likeness (QED) is 0.374. The van der Waals surface area contributed by atoms with Gasteiger partial charge in [0.2, 0.25) is 5.91 Å². The molecule has 0 saturated carbocycles. The van der Waals surface area contributed by atoms with E-state index >= 15 is 0 Å². The predicted molar refractivity (Wildman–Crippen MR) is 116 cm³/mol. The maximum absolute atomic E-state index is 12.2. The van der Waals surface area contributed by atoms with Crippen molar-refractivity contribution in [1.82, 2.24) is 0 Å². The second-order valence-corrected chi connectivity index (χ2v) is 6.33. The van der Waals surface area contributed by atoms with Crippen LogP contribution < -0.4 is 15.4 Å². The third-order valence-electron chi connectivity index (χ3n) is 3.79. The Morgan fingerprint density at radius 1 is 1.00 bits per heavy atom. The largest absolute Gasteiger partial charge is 0.490 e. The van der Waals surface area contributed by atoms with Crippen LogP contribution in [0.5, 0.6) is 5.75 Å². The fourth-order valence-electron chi connectivity index (χ4n) is 2.35. The number of rotatable bonds is 9. The Balaban J connectivity index is 1.83. The van der Waals surface area contributed by atoms with Gasteiger partial charge in [0.1, 0.15) is 12.4 Å². The Kier molecular flexibility index (Phi) is 8.38. The SMILES string of the molecule is C=CCOc1ccc(/C=C/C(=O)O[C@H](C)C(=O)Nc2ccc(NC(C)=O)cc2)cc1. The average molecular weight is 408 g/mol. The van der Waals surface area contributed by atoms with Crippen LogP contribution in [0.1, 0.15) is 19.4 Å². The number of anilines is 2. The lowest BCUT2D eigenvalue weighted by atomic mass is 10.2. The standard InChI is InChI=1S/C23H24N2O5/c1-4-15-29-21-12-5-18(6-13-21)7-14-22(27)30-16(2)23(28)25-20-10-8-19(9-11-20)24-17(3)26/h4-14,16H,1,15H2,2-3H3,(H,24,26)(H,25,28)/b14-7+/t16-/m1/s1. The molecule has 0 unspecified atom stereocenters. The van der Waals surface area contributed by atoms with Crippen molar-refractivity contribution < 1.29 is 23.9 Å². The lowest BCUT2D eigenvalue weighted by Crippen LogP contribution is -2.29. The highest BCUT2D eigenvalue weighted by atomic mass is 16.5. The molecule has 2 amide bonds. The molecule has 0 radical (unpaired) electrons. The average Bonchev–Trinajstić information content (AvgIpc) is 2.72. The number of hydrogen-bond donors (Lipinski definition) is 2. The van der Waals surface area contributed by atoms with E-state index in [4.69, 9.17) is 9.47 Å². The van der Waals surface area contributed by atoms with Crippen molar-refractivity contribution in [1.29, 1.82) is 0 Å². The Hall–Kier alpha value is -3.87. The molecule has 0 heterocycles. The van der Waals surface area contributed by atoms with E-state index in [2.05, 4.69) is 17.2 Å². The number of ether oxygens (including phenoxy) is 2. The van der Waals surface area contributed by atoms with Crippen LogP contribution in [0.15, 0.2) is 67.3 Å². The highest BCUT2D eigenvalue weighted by Gasteiger charge is 2.16. The number of carbonyl (C=O) groups is 3. The summed E-state index contributed by atoms with van der Waals surface area (Å²) < 4.78 is 10.5. The number of benzene rings is 2. The number of carbonyl (C=O) groups excluding carboxylic acids is 3. The van der Waals surface area contributed by atoms with Crippen LogP contribution in [0, 0.1) is 0 Å². The molecule has 7 nitrogen and oxygen atoms in total. The Labute approximate surface area is 175 Å². The summed E-state index contributed by atoms with van der Waals surface area (Å²) in [5.41, 5.74) is 1.92. The van der Waals surface area contributed by atoms with Crippen molar-refractivity contribution >= 4 is 35.2 Å². The zero-order valence-electron chi connectivity index (χ0n) is 16.9. The molecule has 7 heteroatoms. The first kappa shape index (κ1) is 22.4. The summed E-state index contributed by atoms with van der Waals surface area (Å²) in [6.45, 7) is 6.90. The molecule has 2 N–H and O–H groups in total. The van der Waals surface area contributed by atoms with Gasteiger partial charge in [0.25, 0.3) is 5.91 Å². The Morgan fingerprint density at radius 2 is 1.60 bits per heavy atom. The normalized spacial score (nSPS) is 11.4. The van der Waals surface area contributed by atoms with Gasteiger partial charge in [-0.2, -0.15) is 0 Å². The lowest BCUT2D eigenvalue weighted by molar-refractivity contribution is -0.148. The van der Waals surface area contributed by atoms with E-state index in [9.17, 15) is 14.4 Å². The minimum Gasteiger partial charge on any atom is -0.490 e. The third kappa shape index (κ3) is 7.63. The first-order valence-corrected chi connectivity index (χ1v) is 9.28. The van der Waals surface area contributed by atoms with E-state index in [-0.39, 0.29) is 5.91 Å². The molecule has 0 aliphatic heterocycles. The van der Waals surface area contributed by atoms with Crippen molar-refractivity contribution in [3.8, 4) is 5.75 Å². The molecule has 0 aliphatic carbocycles. The molecule has 0 aliphatic rings. The van der Waals surface area contributed by atoms with Crippen molar-refractivity contribution in [2.24, 2.45) is 0 Å². The molecule has 1 atom stereocenters. The van der Waals surface area contributed by atoms with Gasteiger partial charge < -0.3 is 20.1 Å². The van der Waals surface area contributed by atoms with E-state index in [1.807, 2.05) is 0 Å². The Morgan fingerprint density at radius 3 is 2.17 bits per heavy atom. The number of amides is 2. The molecule has 0 saturated heterocycles. The summed E-state index contributed by atoms with van der Waals surface area (Å²) in [5, 5.41) is 5.28. The molecule has 0 bridgehead atoms. The van der Waals surface area contributed by atoms with Gasteiger partial charge in [-0.25, -0.2) is 4.79 Å². The first-order valence-electron chi connectivity index (χ1n) is 9.28. The third-order valence-corrected chi connectivity index (χ3v) is 3.79. The zero-order valence-corrected chi connectivity index (χ0v) is 16.9. The minimum atomic E-state index is -0.980. The number of nitrogens with one attached hydrogen (secondary N) is 2. The molecular weight excluding hydrogens is 384 g/mol. The van der Waals surface area contributed by atoms with Gasteiger partial charge >= 0.3 is 5.97 Å². The van der Waals surface area contributed by atoms with E-state index in [1.165, 1.54) is 19.9 Å². The molecule has 2 aromatic rings. The van der Waals surface area contributed by atoms with Crippen LogP contribution in [-0.4, -0.2) is 30.5 Å². The van der Waals surface area contributed by atoms with Crippen LogP contribution in [0.3, 0.4) is 0 Å². The summed E-state index contributed by atoms with van der Waals surface area (Å²) in [6, 6.07) is 13.7. The van der Waals surface area contributed by atoms with Crippen molar-refractivity contribution in [2.45, 2.75) is 20.0 Å². The summed E-state index contributed by atoms with van der Waals surface area (Å²) in [7, 11) is 0. The highest BCUT2D eigenvalue weighted by molar-refractivity contribution is 5.97. The van der Waals surface area contributed by atoms with Gasteiger partial charge in [-0.3, -0.25) is 9.59 Å². The van der Waals surface area contributed by atoms with Gasteiger partial charge in [-0.1, -0.05) is 24.8 Å². The van der Waals surface area contributed by atoms with Crippen LogP contribution >= 0.6 is 0 Å². The monoisotopic (exact) mass is 408 g/mol. The minimum absolute atomic E-state index is 0.183. The molecule has 0 fully saturated rings. The second kappa shape index (κ2) is 11.2. The molecule has 0 aromatic heterocycles. The number of esters is 1. The summed E-state index contributed by atoms with van der Waals surface area (Å²) in [5.74, 6) is -0.583. The van der Waals surface area contributed by atoms with Crippen LogP contribution in [-0.2, 0) is 19.1 Å². The highest BCUT2D eigenvalue weighted by Crippen LogP contribution is 2.15. The fourth-order valence-corrected chi connectivity index (χ4v) is 2.35. The fraction of sp³-hybridized carbons (Fsp3) is 0.174. The van der Waals surface area contributed by atoms with Gasteiger partial charge in [0, 0.05) is 24.4 Å². The van der Waals surface area contributed by atoms with Crippen LogP contribution in [0.4, 0.5) is 11.4 Å². The second-order valence-electron chi connectivity index (χ2n) is 6.33. The van der Waals surface area contributed by atoms with E-state index in [1.54, 1.807) is 60.7 Å². The summed E-state index contributed by atoms with van der Waals surface area (Å²) in [6.07, 6.45) is 3.52. The number of hydrogen-bond acceptors (Lipinski definition) is 5. The zero-order chi connectivity index (χ0) is 21.9. The van der Waals surface area contributed by atoms with Crippen molar-refractivity contribution in [2.75, 3.05) is 17.2 Å². The maximum Gasteiger partial charge on any atom is 0.331 e. The Bertz CT molecular complexity index is 918. The maximum atomic E-state index is 12.2. The van der Waals surface area contributed by atoms with E-state index in [0.717, 1.165) is 5.56 Å². The van der Waals surface area contributed by atoms with Crippen LogP contribution in [0.25, 0.3) is 6.08 Å². The predicted octanol–water partition coefficient (Wildman–Crippen LogP) is 3.79.